The number of hydrogen-bond acceptors (Lipinski definition) is 4. The van der Waals surface area contributed by atoms with Gasteiger partial charge in [-0.05, 0) is 51.1 Å². The minimum atomic E-state index is 0. The molecule has 0 saturated carbocycles. The maximum Gasteiger partial charge on any atom is 0.0167 e. The van der Waals surface area contributed by atoms with E-state index in [1.54, 1.807) is 24.2 Å². The summed E-state index contributed by atoms with van der Waals surface area (Å²) in [6.45, 7) is 0. The van der Waals surface area contributed by atoms with Crippen LogP contribution in [0.15, 0.2) is 113 Å². The Morgan fingerprint density at radius 1 is 0.676 bits per heavy atom. The standard InChI is InChI=1S/C18H9N2S.C11H8N.Ir/c1-2-5-12-11(4-1)10-15-16-13(12)7-9-19-17(16)14-6-3-8-20-18(14)21-15;1-2-6-10(7-3-1)11-8-4-5-9-12-11;/h1-5,7-10H;1-6,8-9H;/q2*-1;. The molecule has 7 rings (SSSR count). The average molecular weight is 632 g/mol. The molecular weight excluding hydrogens is 615 g/mol. The van der Waals surface area contributed by atoms with Gasteiger partial charge in [-0.3, -0.25) is 0 Å². The van der Waals surface area contributed by atoms with Crippen LogP contribution in [0.2, 0.25) is 0 Å². The van der Waals surface area contributed by atoms with Gasteiger partial charge in [-0.2, -0.15) is 0 Å². The molecule has 3 aromatic heterocycles. The van der Waals surface area contributed by atoms with Crippen LogP contribution < -0.4 is 0 Å². The van der Waals surface area contributed by atoms with Gasteiger partial charge in [0.15, 0.2) is 0 Å². The number of fused-ring (bicyclic) bond motifs is 4. The molecule has 0 spiro atoms. The van der Waals surface area contributed by atoms with E-state index in [0.29, 0.717) is 0 Å². The first-order valence-electron chi connectivity index (χ1n) is 10.6. The molecule has 0 aliphatic carbocycles. The van der Waals surface area contributed by atoms with Crippen LogP contribution in [0.25, 0.3) is 44.1 Å². The summed E-state index contributed by atoms with van der Waals surface area (Å²) >= 11 is 1.71. The summed E-state index contributed by atoms with van der Waals surface area (Å²) in [6, 6.07) is 34.8. The van der Waals surface area contributed by atoms with Crippen LogP contribution in [0.5, 0.6) is 0 Å². The van der Waals surface area contributed by atoms with Crippen LogP contribution in [0.1, 0.15) is 0 Å². The molecule has 3 aromatic carbocycles. The Morgan fingerprint density at radius 3 is 2.41 bits per heavy atom. The van der Waals surface area contributed by atoms with Crippen molar-refractivity contribution in [2.75, 3.05) is 0 Å². The molecule has 0 saturated heterocycles. The van der Waals surface area contributed by atoms with Crippen molar-refractivity contribution in [3.63, 3.8) is 0 Å². The first-order valence-corrected chi connectivity index (χ1v) is 11.4. The number of rotatable bonds is 1. The normalized spacial score (nSPS) is 11.2. The van der Waals surface area contributed by atoms with Crippen molar-refractivity contribution in [3.8, 4) is 22.5 Å². The molecule has 0 N–H and O–H groups in total. The van der Waals surface area contributed by atoms with Gasteiger partial charge in [0.2, 0.25) is 0 Å². The first-order chi connectivity index (χ1) is 16.4. The molecule has 3 nitrogen and oxygen atoms in total. The van der Waals surface area contributed by atoms with Gasteiger partial charge in [0.25, 0.3) is 0 Å². The largest absolute Gasteiger partial charge is 0.345 e. The van der Waals surface area contributed by atoms with Crippen molar-refractivity contribution in [2.45, 2.75) is 9.92 Å². The van der Waals surface area contributed by atoms with E-state index >= 15 is 0 Å². The summed E-state index contributed by atoms with van der Waals surface area (Å²) in [6.07, 6.45) is 5.46. The Bertz CT molecular complexity index is 1550. The molecule has 34 heavy (non-hydrogen) atoms. The van der Waals surface area contributed by atoms with Gasteiger partial charge in [-0.1, -0.05) is 48.2 Å². The van der Waals surface area contributed by atoms with Crippen molar-refractivity contribution >= 4 is 33.3 Å². The summed E-state index contributed by atoms with van der Waals surface area (Å²) in [5.41, 5.74) is 4.02. The Kier molecular flexibility index (Phi) is 6.50. The molecule has 0 fully saturated rings. The molecule has 0 atom stereocenters. The molecule has 6 aromatic rings. The first kappa shape index (κ1) is 22.4. The van der Waals surface area contributed by atoms with Crippen LogP contribution >= 0.6 is 11.8 Å². The minimum absolute atomic E-state index is 0. The van der Waals surface area contributed by atoms with Gasteiger partial charge in [-0.15, -0.1) is 59.8 Å². The predicted octanol–water partition coefficient (Wildman–Crippen LogP) is 7.26. The van der Waals surface area contributed by atoms with Crippen LogP contribution in [0.3, 0.4) is 0 Å². The maximum atomic E-state index is 4.60. The molecule has 165 valence electrons. The van der Waals surface area contributed by atoms with E-state index < -0.39 is 0 Å². The van der Waals surface area contributed by atoms with Crippen LogP contribution in [-0.4, -0.2) is 15.0 Å². The number of nitrogens with zero attached hydrogens (tertiary/aromatic N) is 3. The fourth-order valence-electron chi connectivity index (χ4n) is 4.07. The third kappa shape index (κ3) is 4.14. The summed E-state index contributed by atoms with van der Waals surface area (Å²) in [7, 11) is 0. The van der Waals surface area contributed by atoms with Crippen molar-refractivity contribution in [1.29, 1.82) is 0 Å². The van der Waals surface area contributed by atoms with Gasteiger partial charge in [-0.25, -0.2) is 0 Å². The van der Waals surface area contributed by atoms with Crippen LogP contribution in [-0.2, 0) is 20.1 Å². The number of benzene rings is 3. The fraction of sp³-hybridized carbons (Fsp3) is 0. The molecule has 0 unspecified atom stereocenters. The minimum Gasteiger partial charge on any atom is -0.345 e. The Hall–Kier alpha value is -3.37. The number of pyridine rings is 3. The van der Waals surface area contributed by atoms with E-state index in [9.17, 15) is 0 Å². The third-order valence-electron chi connectivity index (χ3n) is 5.54. The molecule has 0 amide bonds. The van der Waals surface area contributed by atoms with Gasteiger partial charge in [0.05, 0.1) is 0 Å². The Morgan fingerprint density at radius 2 is 1.56 bits per heavy atom. The second kappa shape index (κ2) is 9.86. The summed E-state index contributed by atoms with van der Waals surface area (Å²) in [5.74, 6) is 0. The third-order valence-corrected chi connectivity index (χ3v) is 6.58. The van der Waals surface area contributed by atoms with Gasteiger partial charge in [0, 0.05) is 42.4 Å². The Labute approximate surface area is 215 Å². The quantitative estimate of drug-likeness (QED) is 0.141. The second-order valence-corrected chi connectivity index (χ2v) is 8.57. The van der Waals surface area contributed by atoms with Crippen molar-refractivity contribution < 1.29 is 20.1 Å². The fourth-order valence-corrected chi connectivity index (χ4v) is 5.14. The summed E-state index contributed by atoms with van der Waals surface area (Å²) < 4.78 is 0. The number of hydrogen-bond donors (Lipinski definition) is 0. The summed E-state index contributed by atoms with van der Waals surface area (Å²) in [5, 5.41) is 5.99. The zero-order valence-corrected chi connectivity index (χ0v) is 21.1. The zero-order chi connectivity index (χ0) is 22.0. The monoisotopic (exact) mass is 632 g/mol. The maximum absolute atomic E-state index is 4.60. The van der Waals surface area contributed by atoms with Crippen molar-refractivity contribution in [1.82, 2.24) is 15.0 Å². The SMILES string of the molecule is [Ir].[c-]1ccccc1-c1ccccn1.[c-]1ccnc2c1-c1nccc3c1c(cc1ccccc13)S2. The topological polar surface area (TPSA) is 38.7 Å². The molecule has 1 aliphatic rings. The number of aromatic nitrogens is 3. The Balaban J connectivity index is 0.000000159. The van der Waals surface area contributed by atoms with Crippen LogP contribution in [0, 0.1) is 12.1 Å². The van der Waals surface area contributed by atoms with Crippen LogP contribution in [0.4, 0.5) is 0 Å². The molecule has 5 heteroatoms. The van der Waals surface area contributed by atoms with Gasteiger partial charge >= 0.3 is 0 Å². The predicted molar refractivity (Wildman–Crippen MR) is 134 cm³/mol. The van der Waals surface area contributed by atoms with E-state index in [2.05, 4.69) is 63.5 Å². The van der Waals surface area contributed by atoms with E-state index in [1.165, 1.54) is 26.4 Å². The van der Waals surface area contributed by atoms with E-state index in [1.807, 2.05) is 54.7 Å². The van der Waals surface area contributed by atoms with E-state index in [-0.39, 0.29) is 20.1 Å². The molecular formula is C29H17IrN3S-2. The van der Waals surface area contributed by atoms with Gasteiger partial charge in [0.1, 0.15) is 0 Å². The van der Waals surface area contributed by atoms with E-state index in [4.69, 9.17) is 0 Å². The smallest absolute Gasteiger partial charge is 0.0167 e. The average Bonchev–Trinajstić information content (AvgIpc) is 2.90. The molecule has 4 heterocycles. The molecule has 1 radical (unpaired) electrons. The van der Waals surface area contributed by atoms with Crippen molar-refractivity contribution in [2.24, 2.45) is 0 Å². The van der Waals surface area contributed by atoms with Crippen molar-refractivity contribution in [3.05, 3.63) is 116 Å². The zero-order valence-electron chi connectivity index (χ0n) is 17.9. The second-order valence-electron chi connectivity index (χ2n) is 7.54. The molecule has 0 bridgehead atoms. The summed E-state index contributed by atoms with van der Waals surface area (Å²) in [4.78, 5) is 14.5. The van der Waals surface area contributed by atoms with Gasteiger partial charge < -0.3 is 15.0 Å². The van der Waals surface area contributed by atoms with E-state index in [0.717, 1.165) is 27.5 Å². The molecule has 1 aliphatic heterocycles.